The van der Waals surface area contributed by atoms with Gasteiger partial charge in [0.25, 0.3) is 0 Å². The minimum absolute atomic E-state index is 0.100. The van der Waals surface area contributed by atoms with Crippen molar-refractivity contribution < 1.29 is 9.18 Å². The molecule has 3 aromatic rings. The van der Waals surface area contributed by atoms with E-state index in [-0.39, 0.29) is 17.5 Å². The van der Waals surface area contributed by atoms with Crippen molar-refractivity contribution in [3.63, 3.8) is 0 Å². The second kappa shape index (κ2) is 6.41. The lowest BCUT2D eigenvalue weighted by Gasteiger charge is -2.19. The van der Waals surface area contributed by atoms with Crippen LogP contribution in [-0.2, 0) is 6.42 Å². The molecule has 4 nitrogen and oxygen atoms in total. The van der Waals surface area contributed by atoms with Crippen molar-refractivity contribution in [3.8, 4) is 5.69 Å². The summed E-state index contributed by atoms with van der Waals surface area (Å²) in [4.78, 5) is 12.7. The van der Waals surface area contributed by atoms with Crippen molar-refractivity contribution in [1.29, 1.82) is 0 Å². The normalized spacial score (nSPS) is 16.4. The number of aromatic nitrogens is 2. The Balaban J connectivity index is 1.84. The molecule has 1 N–H and O–H groups in total. The van der Waals surface area contributed by atoms with Gasteiger partial charge in [-0.2, -0.15) is 0 Å². The fourth-order valence-electron chi connectivity index (χ4n) is 3.48. The largest absolute Gasteiger partial charge is 0.338 e. The number of hydrogen-bond donors (Lipinski definition) is 1. The molecular weight excluding hydrogens is 329 g/mol. The first-order valence-corrected chi connectivity index (χ1v) is 8.76. The molecule has 1 aliphatic carbocycles. The van der Waals surface area contributed by atoms with Crippen molar-refractivity contribution in [3.05, 3.63) is 71.2 Å². The van der Waals surface area contributed by atoms with E-state index in [1.54, 1.807) is 16.8 Å². The first kappa shape index (κ1) is 16.5. The molecule has 1 atom stereocenters. The average molecular weight is 349 g/mol. The van der Waals surface area contributed by atoms with E-state index in [1.807, 2.05) is 31.2 Å². The molecule has 0 aliphatic heterocycles. The van der Waals surface area contributed by atoms with Gasteiger partial charge in [0.2, 0.25) is 0 Å². The first-order valence-electron chi connectivity index (χ1n) is 8.76. The maximum Gasteiger partial charge on any atom is 0.168 e. The predicted octanol–water partition coefficient (Wildman–Crippen LogP) is 4.83. The molecule has 0 radical (unpaired) electrons. The molecule has 0 amide bonds. The zero-order valence-electron chi connectivity index (χ0n) is 14.8. The van der Waals surface area contributed by atoms with Crippen LogP contribution >= 0.6 is 0 Å². The summed E-state index contributed by atoms with van der Waals surface area (Å²) in [6, 6.07) is 14.1. The smallest absolute Gasteiger partial charge is 0.168 e. The fraction of sp³-hybridized carbons (Fsp3) is 0.238. The number of halogens is 1. The number of benzene rings is 2. The van der Waals surface area contributed by atoms with Gasteiger partial charge in [0.15, 0.2) is 11.6 Å². The lowest BCUT2D eigenvalue weighted by molar-refractivity contribution is 0.0953. The van der Waals surface area contributed by atoms with Crippen LogP contribution in [0.5, 0.6) is 0 Å². The second-order valence-corrected chi connectivity index (χ2v) is 6.94. The summed E-state index contributed by atoms with van der Waals surface area (Å²) in [6.45, 7) is 4.08. The summed E-state index contributed by atoms with van der Waals surface area (Å²) < 4.78 is 15.1. The predicted molar refractivity (Wildman–Crippen MR) is 99.8 cm³/mol. The van der Waals surface area contributed by atoms with Gasteiger partial charge in [-0.25, -0.2) is 9.07 Å². The third kappa shape index (κ3) is 2.90. The Morgan fingerprint density at radius 2 is 1.85 bits per heavy atom. The SMILES string of the molecule is Cc1ccccc1Nc1nn(-c2ccc(F)cc2)c2c1C(=O)CC(C)C2. The molecule has 1 unspecified atom stereocenters. The number of nitrogens with one attached hydrogen (secondary N) is 1. The standard InChI is InChI=1S/C21H20FN3O/c1-13-11-18-20(19(26)12-13)21(23-17-6-4-3-5-14(17)2)24-25(18)16-9-7-15(22)8-10-16/h3-10,13H,11-12H2,1-2H3,(H,23,24). The van der Waals surface area contributed by atoms with E-state index in [1.165, 1.54) is 12.1 Å². The summed E-state index contributed by atoms with van der Waals surface area (Å²) in [7, 11) is 0. The van der Waals surface area contributed by atoms with Crippen molar-refractivity contribution in [2.45, 2.75) is 26.7 Å². The second-order valence-electron chi connectivity index (χ2n) is 6.94. The molecule has 1 aliphatic rings. The number of fused-ring (bicyclic) bond motifs is 1. The molecule has 0 saturated heterocycles. The van der Waals surface area contributed by atoms with E-state index < -0.39 is 0 Å². The Bertz CT molecular complexity index is 975. The Morgan fingerprint density at radius 1 is 1.12 bits per heavy atom. The van der Waals surface area contributed by atoms with Crippen LogP contribution in [0.15, 0.2) is 48.5 Å². The number of anilines is 2. The molecule has 2 aromatic carbocycles. The Morgan fingerprint density at radius 3 is 2.58 bits per heavy atom. The summed E-state index contributed by atoms with van der Waals surface area (Å²) in [5.41, 5.74) is 4.29. The number of nitrogens with zero attached hydrogens (tertiary/aromatic N) is 2. The fourth-order valence-corrected chi connectivity index (χ4v) is 3.48. The maximum absolute atomic E-state index is 13.3. The third-order valence-corrected chi connectivity index (χ3v) is 4.80. The Labute approximate surface area is 151 Å². The van der Waals surface area contributed by atoms with Gasteiger partial charge in [0.1, 0.15) is 5.82 Å². The molecule has 0 saturated carbocycles. The Kier molecular flexibility index (Phi) is 4.07. The highest BCUT2D eigenvalue weighted by atomic mass is 19.1. The molecule has 4 rings (SSSR count). The number of para-hydroxylation sites is 1. The maximum atomic E-state index is 13.3. The van der Waals surface area contributed by atoms with Gasteiger partial charge in [-0.15, -0.1) is 5.10 Å². The zero-order chi connectivity index (χ0) is 18.3. The molecular formula is C21H20FN3O. The van der Waals surface area contributed by atoms with E-state index in [2.05, 4.69) is 17.3 Å². The van der Waals surface area contributed by atoms with Crippen molar-refractivity contribution >= 4 is 17.3 Å². The van der Waals surface area contributed by atoms with Gasteiger partial charge < -0.3 is 5.32 Å². The lowest BCUT2D eigenvalue weighted by atomic mass is 9.87. The van der Waals surface area contributed by atoms with Crippen LogP contribution < -0.4 is 5.32 Å². The zero-order valence-corrected chi connectivity index (χ0v) is 14.8. The van der Waals surface area contributed by atoms with E-state index in [0.717, 1.165) is 29.1 Å². The van der Waals surface area contributed by atoms with E-state index in [9.17, 15) is 9.18 Å². The highest BCUT2D eigenvalue weighted by Gasteiger charge is 2.31. The molecule has 1 heterocycles. The number of aryl methyl sites for hydroxylation is 1. The number of hydrogen-bond acceptors (Lipinski definition) is 3. The third-order valence-electron chi connectivity index (χ3n) is 4.80. The summed E-state index contributed by atoms with van der Waals surface area (Å²) >= 11 is 0. The summed E-state index contributed by atoms with van der Waals surface area (Å²) in [5.74, 6) is 0.633. The molecule has 0 spiro atoms. The van der Waals surface area contributed by atoms with Crippen molar-refractivity contribution in [1.82, 2.24) is 9.78 Å². The van der Waals surface area contributed by atoms with Gasteiger partial charge in [-0.1, -0.05) is 25.1 Å². The minimum Gasteiger partial charge on any atom is -0.338 e. The summed E-state index contributed by atoms with van der Waals surface area (Å²) in [5, 5.41) is 8.00. The summed E-state index contributed by atoms with van der Waals surface area (Å²) in [6.07, 6.45) is 1.28. The van der Waals surface area contributed by atoms with Crippen LogP contribution in [-0.4, -0.2) is 15.6 Å². The van der Waals surface area contributed by atoms with Gasteiger partial charge in [-0.3, -0.25) is 4.79 Å². The van der Waals surface area contributed by atoms with E-state index in [0.29, 0.717) is 17.8 Å². The molecule has 132 valence electrons. The number of carbonyl (C=O) groups excluding carboxylic acids is 1. The number of carbonyl (C=O) groups is 1. The molecule has 1 aromatic heterocycles. The number of ketones is 1. The topological polar surface area (TPSA) is 46.9 Å². The van der Waals surface area contributed by atoms with Crippen LogP contribution in [0.2, 0.25) is 0 Å². The molecule has 0 fully saturated rings. The van der Waals surface area contributed by atoms with Crippen molar-refractivity contribution in [2.75, 3.05) is 5.32 Å². The Hall–Kier alpha value is -2.95. The first-order chi connectivity index (χ1) is 12.5. The van der Waals surface area contributed by atoms with E-state index in [4.69, 9.17) is 0 Å². The van der Waals surface area contributed by atoms with Crippen LogP contribution in [0.1, 0.15) is 35.0 Å². The average Bonchev–Trinajstić information content (AvgIpc) is 2.96. The highest BCUT2D eigenvalue weighted by Crippen LogP contribution is 2.34. The molecule has 5 heteroatoms. The van der Waals surface area contributed by atoms with Gasteiger partial charge in [0.05, 0.1) is 16.9 Å². The number of Topliss-reactive ketones (excluding diaryl/α,β-unsaturated/α-hetero) is 1. The van der Waals surface area contributed by atoms with Crippen LogP contribution in [0, 0.1) is 18.7 Å². The van der Waals surface area contributed by atoms with Crippen LogP contribution in [0.25, 0.3) is 5.69 Å². The van der Waals surface area contributed by atoms with Crippen LogP contribution in [0.3, 0.4) is 0 Å². The lowest BCUT2D eigenvalue weighted by Crippen LogP contribution is -2.19. The van der Waals surface area contributed by atoms with Gasteiger partial charge in [-0.05, 0) is 55.2 Å². The van der Waals surface area contributed by atoms with Gasteiger partial charge in [0, 0.05) is 12.1 Å². The van der Waals surface area contributed by atoms with Gasteiger partial charge >= 0.3 is 0 Å². The van der Waals surface area contributed by atoms with Crippen molar-refractivity contribution in [2.24, 2.45) is 5.92 Å². The highest BCUT2D eigenvalue weighted by molar-refractivity contribution is 6.03. The minimum atomic E-state index is -0.294. The van der Waals surface area contributed by atoms with Crippen LogP contribution in [0.4, 0.5) is 15.9 Å². The number of rotatable bonds is 3. The molecule has 26 heavy (non-hydrogen) atoms. The quantitative estimate of drug-likeness (QED) is 0.737. The molecule has 0 bridgehead atoms. The van der Waals surface area contributed by atoms with E-state index >= 15 is 0 Å². The monoisotopic (exact) mass is 349 g/mol.